The quantitative estimate of drug-likeness (QED) is 0.898. The van der Waals surface area contributed by atoms with Gasteiger partial charge in [-0.1, -0.05) is 5.16 Å². The van der Waals surface area contributed by atoms with Crippen molar-refractivity contribution < 1.29 is 19.2 Å². The molecule has 1 aliphatic rings. The fraction of sp³-hybridized carbons (Fsp3) is 0.615. The van der Waals surface area contributed by atoms with E-state index in [1.807, 2.05) is 0 Å². The van der Waals surface area contributed by atoms with E-state index in [1.165, 1.54) is 0 Å². The van der Waals surface area contributed by atoms with Gasteiger partial charge in [0.2, 0.25) is 0 Å². The fourth-order valence-corrected chi connectivity index (χ4v) is 2.61. The monoisotopic (exact) mass is 266 g/mol. The molecule has 1 aromatic heterocycles. The first-order valence-corrected chi connectivity index (χ1v) is 6.43. The van der Waals surface area contributed by atoms with E-state index < -0.39 is 5.97 Å². The number of aliphatic carboxylic acids is 1. The van der Waals surface area contributed by atoms with Crippen molar-refractivity contribution >= 4 is 11.9 Å². The van der Waals surface area contributed by atoms with Crippen LogP contribution in [0, 0.1) is 19.8 Å². The van der Waals surface area contributed by atoms with Crippen LogP contribution < -0.4 is 0 Å². The van der Waals surface area contributed by atoms with Crippen LogP contribution in [0.15, 0.2) is 4.52 Å². The summed E-state index contributed by atoms with van der Waals surface area (Å²) in [7, 11) is 0. The van der Waals surface area contributed by atoms with Gasteiger partial charge in [-0.25, -0.2) is 0 Å². The summed E-state index contributed by atoms with van der Waals surface area (Å²) in [4.78, 5) is 24.9. The topological polar surface area (TPSA) is 83.6 Å². The molecule has 0 aliphatic carbocycles. The van der Waals surface area contributed by atoms with E-state index in [1.54, 1.807) is 18.7 Å². The molecule has 6 nitrogen and oxygen atoms in total. The lowest BCUT2D eigenvalue weighted by Crippen LogP contribution is -2.40. The lowest BCUT2D eigenvalue weighted by Gasteiger charge is -2.32. The number of carbonyl (C=O) groups is 2. The van der Waals surface area contributed by atoms with Gasteiger partial charge >= 0.3 is 5.97 Å². The van der Waals surface area contributed by atoms with Crippen molar-refractivity contribution in [1.82, 2.24) is 10.1 Å². The zero-order valence-electron chi connectivity index (χ0n) is 11.2. The van der Waals surface area contributed by atoms with Gasteiger partial charge in [0.15, 0.2) is 0 Å². The molecule has 0 spiro atoms. The van der Waals surface area contributed by atoms with Crippen molar-refractivity contribution in [2.24, 2.45) is 5.92 Å². The molecule has 1 aliphatic heterocycles. The molecule has 1 atom stereocenters. The maximum atomic E-state index is 12.4. The second kappa shape index (κ2) is 5.42. The van der Waals surface area contributed by atoms with Crippen molar-refractivity contribution in [3.05, 3.63) is 17.0 Å². The van der Waals surface area contributed by atoms with E-state index in [9.17, 15) is 9.59 Å². The largest absolute Gasteiger partial charge is 0.481 e. The zero-order chi connectivity index (χ0) is 14.0. The van der Waals surface area contributed by atoms with Gasteiger partial charge in [-0.2, -0.15) is 0 Å². The predicted molar refractivity (Wildman–Crippen MR) is 66.9 cm³/mol. The summed E-state index contributed by atoms with van der Waals surface area (Å²) < 4.78 is 5.01. The van der Waals surface area contributed by atoms with Crippen molar-refractivity contribution in [1.29, 1.82) is 0 Å². The number of piperidine rings is 1. The molecule has 6 heteroatoms. The number of likely N-dealkylation sites (tertiary alicyclic amines) is 1. The molecule has 104 valence electrons. The van der Waals surface area contributed by atoms with Gasteiger partial charge < -0.3 is 14.5 Å². The second-order valence-electron chi connectivity index (χ2n) is 5.06. The van der Waals surface area contributed by atoms with Gasteiger partial charge in [-0.05, 0) is 32.6 Å². The Labute approximate surface area is 111 Å². The van der Waals surface area contributed by atoms with Crippen LogP contribution in [0.4, 0.5) is 0 Å². The summed E-state index contributed by atoms with van der Waals surface area (Å²) in [6.45, 7) is 4.61. The number of aryl methyl sites for hydroxylation is 2. The van der Waals surface area contributed by atoms with Gasteiger partial charge in [-0.15, -0.1) is 0 Å². The van der Waals surface area contributed by atoms with Crippen molar-refractivity contribution in [3.8, 4) is 0 Å². The summed E-state index contributed by atoms with van der Waals surface area (Å²) in [5, 5.41) is 12.6. The Morgan fingerprint density at radius 2 is 2.21 bits per heavy atom. The molecule has 19 heavy (non-hydrogen) atoms. The lowest BCUT2D eigenvalue weighted by atomic mass is 9.94. The average molecular weight is 266 g/mol. The van der Waals surface area contributed by atoms with Crippen molar-refractivity contribution in [2.75, 3.05) is 13.1 Å². The highest BCUT2D eigenvalue weighted by Gasteiger charge is 2.29. The summed E-state index contributed by atoms with van der Waals surface area (Å²) >= 11 is 0. The number of carboxylic acid groups (broad SMARTS) is 1. The first-order valence-electron chi connectivity index (χ1n) is 6.43. The molecule has 0 aromatic carbocycles. The maximum Gasteiger partial charge on any atom is 0.303 e. The molecule has 1 amide bonds. The molecule has 1 aromatic rings. The highest BCUT2D eigenvalue weighted by molar-refractivity contribution is 5.96. The van der Waals surface area contributed by atoms with Gasteiger partial charge in [0.1, 0.15) is 11.3 Å². The Balaban J connectivity index is 2.09. The third-order valence-corrected chi connectivity index (χ3v) is 3.52. The van der Waals surface area contributed by atoms with E-state index in [0.29, 0.717) is 30.1 Å². The van der Waals surface area contributed by atoms with Gasteiger partial charge in [0, 0.05) is 19.5 Å². The van der Waals surface area contributed by atoms with E-state index in [4.69, 9.17) is 9.63 Å². The SMILES string of the molecule is Cc1noc(C)c1C(=O)N1CCCC(CC(=O)O)C1. The Morgan fingerprint density at radius 1 is 1.47 bits per heavy atom. The van der Waals surface area contributed by atoms with Crippen LogP contribution >= 0.6 is 0 Å². The Bertz CT molecular complexity index is 475. The van der Waals surface area contributed by atoms with Crippen molar-refractivity contribution in [2.45, 2.75) is 33.1 Å². The molecule has 0 bridgehead atoms. The highest BCUT2D eigenvalue weighted by atomic mass is 16.5. The molecule has 1 N–H and O–H groups in total. The third-order valence-electron chi connectivity index (χ3n) is 3.52. The molecular weight excluding hydrogens is 248 g/mol. The van der Waals surface area contributed by atoms with E-state index in [0.717, 1.165) is 12.8 Å². The maximum absolute atomic E-state index is 12.4. The first-order chi connectivity index (χ1) is 8.99. The fourth-order valence-electron chi connectivity index (χ4n) is 2.61. The molecule has 1 fully saturated rings. The molecule has 0 saturated carbocycles. The van der Waals surface area contributed by atoms with Crippen molar-refractivity contribution in [3.63, 3.8) is 0 Å². The number of carboxylic acids is 1. The average Bonchev–Trinajstić information content (AvgIpc) is 2.68. The molecule has 2 rings (SSSR count). The summed E-state index contributed by atoms with van der Waals surface area (Å²) in [5.74, 6) is -0.360. The van der Waals surface area contributed by atoms with Crippen LogP contribution in [0.5, 0.6) is 0 Å². The van der Waals surface area contributed by atoms with Gasteiger partial charge in [-0.3, -0.25) is 9.59 Å². The standard InChI is InChI=1S/C13H18N2O4/c1-8-12(9(2)19-14-8)13(18)15-5-3-4-10(7-15)6-11(16)17/h10H,3-7H2,1-2H3,(H,16,17). The number of amides is 1. The van der Waals surface area contributed by atoms with Crippen LogP contribution in [-0.2, 0) is 4.79 Å². The van der Waals surface area contributed by atoms with Crippen LogP contribution in [0.25, 0.3) is 0 Å². The number of aromatic nitrogens is 1. The second-order valence-corrected chi connectivity index (χ2v) is 5.06. The number of nitrogens with zero attached hydrogens (tertiary/aromatic N) is 2. The Kier molecular flexibility index (Phi) is 3.87. The molecule has 0 radical (unpaired) electrons. The third kappa shape index (κ3) is 2.94. The summed E-state index contributed by atoms with van der Waals surface area (Å²) in [6, 6.07) is 0. The highest BCUT2D eigenvalue weighted by Crippen LogP contribution is 2.23. The normalized spacial score (nSPS) is 19.5. The number of rotatable bonds is 3. The van der Waals surface area contributed by atoms with Crippen LogP contribution in [0.2, 0.25) is 0 Å². The lowest BCUT2D eigenvalue weighted by molar-refractivity contribution is -0.138. The molecule has 2 heterocycles. The smallest absolute Gasteiger partial charge is 0.303 e. The van der Waals surface area contributed by atoms with Crippen LogP contribution in [-0.4, -0.2) is 40.1 Å². The van der Waals surface area contributed by atoms with Gasteiger partial charge in [0.05, 0.1) is 5.69 Å². The van der Waals surface area contributed by atoms with E-state index in [-0.39, 0.29) is 18.2 Å². The Morgan fingerprint density at radius 3 is 2.79 bits per heavy atom. The number of hydrogen-bond acceptors (Lipinski definition) is 4. The minimum atomic E-state index is -0.809. The minimum Gasteiger partial charge on any atom is -0.481 e. The molecule has 1 saturated heterocycles. The van der Waals surface area contributed by atoms with E-state index >= 15 is 0 Å². The summed E-state index contributed by atoms with van der Waals surface area (Å²) in [6.07, 6.45) is 1.82. The number of carbonyl (C=O) groups excluding carboxylic acids is 1. The first kappa shape index (κ1) is 13.6. The van der Waals surface area contributed by atoms with Gasteiger partial charge in [0.25, 0.3) is 5.91 Å². The predicted octanol–water partition coefficient (Wildman–Crippen LogP) is 1.62. The van der Waals surface area contributed by atoms with Crippen LogP contribution in [0.3, 0.4) is 0 Å². The van der Waals surface area contributed by atoms with Crippen LogP contribution in [0.1, 0.15) is 41.1 Å². The summed E-state index contributed by atoms with van der Waals surface area (Å²) in [5.41, 5.74) is 1.10. The zero-order valence-corrected chi connectivity index (χ0v) is 11.2. The Hall–Kier alpha value is -1.85. The molecular formula is C13H18N2O4. The number of hydrogen-bond donors (Lipinski definition) is 1. The van der Waals surface area contributed by atoms with E-state index in [2.05, 4.69) is 5.16 Å². The minimum absolute atomic E-state index is 0.0377. The molecule has 1 unspecified atom stereocenters.